The Labute approximate surface area is 185 Å². The molecule has 0 radical (unpaired) electrons. The zero-order valence-electron chi connectivity index (χ0n) is 20.5. The van der Waals surface area contributed by atoms with Crippen LogP contribution in [-0.2, 0) is 15.4 Å². The Bertz CT molecular complexity index is 590. The maximum Gasteiger partial charge on any atom is 0.327 e. The third-order valence-electron chi connectivity index (χ3n) is 5.50. The number of aliphatic hydroxyl groups excluding tert-OH is 1. The van der Waals surface area contributed by atoms with Crippen LogP contribution in [-0.4, -0.2) is 33.2 Å². The Morgan fingerprint density at radius 3 is 1.70 bits per heavy atom. The SMILES string of the molecule is CCCCC(CC)(CO)COP(O)O.Cc1cc(C(C)(C)C)c(O)c(C(C)(C)C)c1. The third-order valence-corrected chi connectivity index (χ3v) is 5.86. The summed E-state index contributed by atoms with van der Waals surface area (Å²) in [6, 6.07) is 4.18. The smallest absolute Gasteiger partial charge is 0.327 e. The van der Waals surface area contributed by atoms with Crippen molar-refractivity contribution >= 4 is 8.60 Å². The summed E-state index contributed by atoms with van der Waals surface area (Å²) in [5.74, 6) is 0.464. The molecular formula is C24H45O5P. The van der Waals surface area contributed by atoms with Crippen LogP contribution in [0.4, 0.5) is 0 Å². The molecule has 0 saturated heterocycles. The van der Waals surface area contributed by atoms with Gasteiger partial charge in [0.2, 0.25) is 0 Å². The summed E-state index contributed by atoms with van der Waals surface area (Å²) < 4.78 is 4.80. The van der Waals surface area contributed by atoms with Crippen LogP contribution in [0.15, 0.2) is 12.1 Å². The van der Waals surface area contributed by atoms with Gasteiger partial charge in [-0.2, -0.15) is 0 Å². The molecule has 176 valence electrons. The van der Waals surface area contributed by atoms with E-state index in [2.05, 4.69) is 67.5 Å². The summed E-state index contributed by atoms with van der Waals surface area (Å²) >= 11 is 0. The first kappa shape index (κ1) is 29.3. The number of hydrogen-bond donors (Lipinski definition) is 4. The average molecular weight is 445 g/mol. The minimum Gasteiger partial charge on any atom is -0.507 e. The monoisotopic (exact) mass is 444 g/mol. The lowest BCUT2D eigenvalue weighted by molar-refractivity contribution is 0.0474. The van der Waals surface area contributed by atoms with E-state index in [0.717, 1.165) is 36.8 Å². The molecule has 0 heterocycles. The molecule has 1 unspecified atom stereocenters. The summed E-state index contributed by atoms with van der Waals surface area (Å²) in [7, 11) is -2.30. The Hall–Kier alpha value is -0.710. The van der Waals surface area contributed by atoms with E-state index in [1.807, 2.05) is 6.92 Å². The van der Waals surface area contributed by atoms with Gasteiger partial charge >= 0.3 is 8.60 Å². The van der Waals surface area contributed by atoms with E-state index < -0.39 is 8.60 Å². The molecule has 4 N–H and O–H groups in total. The molecule has 0 bridgehead atoms. The highest BCUT2D eigenvalue weighted by molar-refractivity contribution is 7.39. The predicted octanol–water partition coefficient (Wildman–Crippen LogP) is 6.09. The molecule has 1 aromatic rings. The minimum atomic E-state index is -2.30. The lowest BCUT2D eigenvalue weighted by atomic mass is 9.78. The van der Waals surface area contributed by atoms with E-state index in [1.165, 1.54) is 5.56 Å². The second-order valence-corrected chi connectivity index (χ2v) is 11.1. The highest BCUT2D eigenvalue weighted by Gasteiger charge is 2.28. The molecule has 1 aromatic carbocycles. The van der Waals surface area contributed by atoms with Crippen molar-refractivity contribution in [3.05, 3.63) is 28.8 Å². The summed E-state index contributed by atoms with van der Waals surface area (Å²) in [6.07, 6.45) is 3.73. The molecule has 0 aliphatic carbocycles. The summed E-state index contributed by atoms with van der Waals surface area (Å²) in [5.41, 5.74) is 2.95. The first-order chi connectivity index (χ1) is 13.6. The average Bonchev–Trinajstić information content (AvgIpc) is 2.63. The zero-order valence-corrected chi connectivity index (χ0v) is 21.4. The van der Waals surface area contributed by atoms with E-state index in [4.69, 9.17) is 14.3 Å². The van der Waals surface area contributed by atoms with Gasteiger partial charge in [0.05, 0.1) is 13.2 Å². The van der Waals surface area contributed by atoms with Crippen molar-refractivity contribution in [2.45, 2.75) is 98.8 Å². The first-order valence-corrected chi connectivity index (χ1v) is 12.1. The standard InChI is InChI=1S/C15H24O.C9H21O4P/c1-10-8-11(14(2,3)4)13(16)12(9-10)15(5,6)7;1-3-5-6-9(4-2,7-10)8-13-14(11)12/h8-9,16H,1-7H3;10-12H,3-8H2,1-2H3. The molecular weight excluding hydrogens is 399 g/mol. The Kier molecular flexibility index (Phi) is 12.1. The van der Waals surface area contributed by atoms with Gasteiger partial charge in [-0.1, -0.05) is 85.9 Å². The van der Waals surface area contributed by atoms with Crippen LogP contribution in [0, 0.1) is 12.3 Å². The molecule has 6 heteroatoms. The lowest BCUT2D eigenvalue weighted by Crippen LogP contribution is -2.29. The van der Waals surface area contributed by atoms with Crippen LogP contribution in [0.5, 0.6) is 5.75 Å². The second-order valence-electron chi connectivity index (χ2n) is 10.4. The summed E-state index contributed by atoms with van der Waals surface area (Å²) in [4.78, 5) is 17.3. The number of benzene rings is 1. The number of aryl methyl sites for hydroxylation is 1. The number of phenols is 1. The van der Waals surface area contributed by atoms with E-state index >= 15 is 0 Å². The van der Waals surface area contributed by atoms with Crippen molar-refractivity contribution in [2.75, 3.05) is 13.2 Å². The number of rotatable bonds is 8. The minimum absolute atomic E-state index is 0.0178. The van der Waals surface area contributed by atoms with Gasteiger partial charge < -0.3 is 24.5 Å². The lowest BCUT2D eigenvalue weighted by Gasteiger charge is -2.30. The van der Waals surface area contributed by atoms with Gasteiger partial charge in [0.15, 0.2) is 0 Å². The molecule has 1 rings (SSSR count). The van der Waals surface area contributed by atoms with E-state index in [-0.39, 0.29) is 29.5 Å². The first-order valence-electron chi connectivity index (χ1n) is 10.9. The topological polar surface area (TPSA) is 90.2 Å². The Morgan fingerprint density at radius 2 is 1.40 bits per heavy atom. The maximum absolute atomic E-state index is 10.4. The van der Waals surface area contributed by atoms with Crippen molar-refractivity contribution in [1.29, 1.82) is 0 Å². The van der Waals surface area contributed by atoms with Crippen molar-refractivity contribution < 1.29 is 24.5 Å². The molecule has 0 aliphatic rings. The Balaban J connectivity index is 0.000000567. The van der Waals surface area contributed by atoms with Gasteiger partial charge in [-0.05, 0) is 41.7 Å². The number of aromatic hydroxyl groups is 1. The summed E-state index contributed by atoms with van der Waals surface area (Å²) in [6.45, 7) is 19.2. The molecule has 0 fully saturated rings. The van der Waals surface area contributed by atoms with Gasteiger partial charge in [-0.25, -0.2) is 0 Å². The number of aliphatic hydroxyl groups is 1. The highest BCUT2D eigenvalue weighted by Crippen LogP contribution is 2.39. The van der Waals surface area contributed by atoms with Crippen molar-refractivity contribution in [3.63, 3.8) is 0 Å². The quantitative estimate of drug-likeness (QED) is 0.364. The molecule has 1 atom stereocenters. The zero-order chi connectivity index (χ0) is 23.8. The highest BCUT2D eigenvalue weighted by atomic mass is 31.2. The van der Waals surface area contributed by atoms with Crippen LogP contribution in [0.1, 0.15) is 97.8 Å². The van der Waals surface area contributed by atoms with E-state index in [0.29, 0.717) is 5.75 Å². The number of unbranched alkanes of at least 4 members (excludes halogenated alkanes) is 1. The Morgan fingerprint density at radius 1 is 0.933 bits per heavy atom. The number of hydrogen-bond acceptors (Lipinski definition) is 5. The van der Waals surface area contributed by atoms with Gasteiger partial charge in [0.1, 0.15) is 5.75 Å². The van der Waals surface area contributed by atoms with Crippen molar-refractivity contribution in [1.82, 2.24) is 0 Å². The van der Waals surface area contributed by atoms with Crippen LogP contribution in [0.2, 0.25) is 0 Å². The predicted molar refractivity (Wildman–Crippen MR) is 127 cm³/mol. The molecule has 0 aromatic heterocycles. The van der Waals surface area contributed by atoms with Gasteiger partial charge in [0.25, 0.3) is 0 Å². The molecule has 5 nitrogen and oxygen atoms in total. The van der Waals surface area contributed by atoms with Crippen LogP contribution >= 0.6 is 8.60 Å². The fraction of sp³-hybridized carbons (Fsp3) is 0.750. The fourth-order valence-electron chi connectivity index (χ4n) is 3.26. The molecule has 0 amide bonds. The van der Waals surface area contributed by atoms with E-state index in [9.17, 15) is 10.2 Å². The van der Waals surface area contributed by atoms with Crippen LogP contribution < -0.4 is 0 Å². The van der Waals surface area contributed by atoms with Gasteiger partial charge in [-0.15, -0.1) is 0 Å². The third kappa shape index (κ3) is 9.62. The second kappa shape index (κ2) is 12.4. The number of phenolic OH excluding ortho intramolecular Hbond substituents is 1. The molecule has 30 heavy (non-hydrogen) atoms. The molecule has 0 spiro atoms. The van der Waals surface area contributed by atoms with E-state index in [1.54, 1.807) is 0 Å². The largest absolute Gasteiger partial charge is 0.507 e. The van der Waals surface area contributed by atoms with Crippen molar-refractivity contribution in [3.8, 4) is 5.75 Å². The van der Waals surface area contributed by atoms with Gasteiger partial charge in [0, 0.05) is 5.41 Å². The van der Waals surface area contributed by atoms with Crippen LogP contribution in [0.3, 0.4) is 0 Å². The van der Waals surface area contributed by atoms with Crippen LogP contribution in [0.25, 0.3) is 0 Å². The normalized spacial score (nSPS) is 14.3. The maximum atomic E-state index is 10.4. The summed E-state index contributed by atoms with van der Waals surface area (Å²) in [5, 5.41) is 19.7. The van der Waals surface area contributed by atoms with Crippen molar-refractivity contribution in [2.24, 2.45) is 5.41 Å². The molecule has 0 saturated carbocycles. The fourth-order valence-corrected chi connectivity index (χ4v) is 3.65. The van der Waals surface area contributed by atoms with Gasteiger partial charge in [-0.3, -0.25) is 0 Å². The molecule has 0 aliphatic heterocycles.